The van der Waals surface area contributed by atoms with Gasteiger partial charge in [-0.1, -0.05) is 24.3 Å². The fourth-order valence-corrected chi connectivity index (χ4v) is 5.12. The number of nitrogens with zero attached hydrogens (tertiary/aromatic N) is 5. The van der Waals surface area contributed by atoms with Crippen molar-refractivity contribution in [1.82, 2.24) is 15.1 Å². The molecule has 2 fully saturated rings. The largest absolute Gasteiger partial charge is 0.496 e. The first-order chi connectivity index (χ1) is 17.1. The molecule has 7 nitrogen and oxygen atoms in total. The zero-order chi connectivity index (χ0) is 24.2. The lowest BCUT2D eigenvalue weighted by atomic mass is 9.95. The highest BCUT2D eigenvalue weighted by molar-refractivity contribution is 5.79. The summed E-state index contributed by atoms with van der Waals surface area (Å²) >= 11 is 0. The van der Waals surface area contributed by atoms with Crippen molar-refractivity contribution in [3.63, 3.8) is 0 Å². The molecular formula is C28H33N5O2. The molecule has 0 atom stereocenters. The Labute approximate surface area is 207 Å². The van der Waals surface area contributed by atoms with Crippen molar-refractivity contribution < 1.29 is 9.53 Å². The predicted molar refractivity (Wildman–Crippen MR) is 139 cm³/mol. The van der Waals surface area contributed by atoms with Crippen LogP contribution in [0.3, 0.4) is 0 Å². The molecule has 2 aromatic carbocycles. The van der Waals surface area contributed by atoms with E-state index in [1.165, 1.54) is 11.3 Å². The van der Waals surface area contributed by atoms with Crippen molar-refractivity contribution in [2.45, 2.75) is 19.8 Å². The minimum Gasteiger partial charge on any atom is -0.496 e. The Hall–Kier alpha value is -3.61. The number of carbonyl (C=O) groups is 1. The highest BCUT2D eigenvalue weighted by atomic mass is 16.5. The van der Waals surface area contributed by atoms with Gasteiger partial charge in [-0.05, 0) is 61.7 Å². The number of hydrogen-bond donors (Lipinski definition) is 0. The maximum Gasteiger partial charge on any atom is 0.225 e. The Balaban J connectivity index is 1.14. The van der Waals surface area contributed by atoms with E-state index in [0.29, 0.717) is 5.91 Å². The maximum absolute atomic E-state index is 13.2. The second-order valence-electron chi connectivity index (χ2n) is 9.39. The number of aryl methyl sites for hydroxylation is 1. The molecule has 0 unspecified atom stereocenters. The van der Waals surface area contributed by atoms with Crippen LogP contribution in [-0.2, 0) is 4.79 Å². The average Bonchev–Trinajstić information content (AvgIpc) is 2.93. The van der Waals surface area contributed by atoms with Crippen LogP contribution in [0.5, 0.6) is 5.75 Å². The van der Waals surface area contributed by atoms with Gasteiger partial charge in [0, 0.05) is 56.4 Å². The van der Waals surface area contributed by atoms with Crippen LogP contribution in [0, 0.1) is 12.8 Å². The molecule has 0 bridgehead atoms. The van der Waals surface area contributed by atoms with E-state index in [1.807, 2.05) is 36.4 Å². The van der Waals surface area contributed by atoms with Crippen LogP contribution < -0.4 is 14.5 Å². The first-order valence-electron chi connectivity index (χ1n) is 12.4. The van der Waals surface area contributed by atoms with Gasteiger partial charge < -0.3 is 19.4 Å². The van der Waals surface area contributed by atoms with Gasteiger partial charge in [-0.25, -0.2) is 0 Å². The second-order valence-corrected chi connectivity index (χ2v) is 9.39. The molecule has 3 heterocycles. The second kappa shape index (κ2) is 10.3. The lowest BCUT2D eigenvalue weighted by molar-refractivity contribution is -0.136. The number of para-hydroxylation sites is 1. The number of methoxy groups -OCH3 is 1. The van der Waals surface area contributed by atoms with Gasteiger partial charge >= 0.3 is 0 Å². The molecule has 182 valence electrons. The van der Waals surface area contributed by atoms with Crippen LogP contribution >= 0.6 is 0 Å². The minimum absolute atomic E-state index is 0.0950. The number of carbonyl (C=O) groups excluding carboxylic acids is 1. The molecule has 0 radical (unpaired) electrons. The molecule has 1 aromatic heterocycles. The minimum atomic E-state index is 0.0950. The van der Waals surface area contributed by atoms with Crippen molar-refractivity contribution in [2.24, 2.45) is 5.92 Å². The van der Waals surface area contributed by atoms with Crippen LogP contribution in [0.1, 0.15) is 18.4 Å². The van der Waals surface area contributed by atoms with Gasteiger partial charge in [0.05, 0.1) is 12.8 Å². The molecule has 0 spiro atoms. The van der Waals surface area contributed by atoms with Crippen LogP contribution in [0.4, 0.5) is 11.5 Å². The molecule has 3 aromatic rings. The molecule has 5 rings (SSSR count). The molecule has 0 aliphatic carbocycles. The average molecular weight is 472 g/mol. The van der Waals surface area contributed by atoms with Crippen LogP contribution in [0.2, 0.25) is 0 Å². The Morgan fingerprint density at radius 1 is 0.857 bits per heavy atom. The van der Waals surface area contributed by atoms with Gasteiger partial charge in [0.15, 0.2) is 5.82 Å². The summed E-state index contributed by atoms with van der Waals surface area (Å²) in [5.41, 5.74) is 4.25. The van der Waals surface area contributed by atoms with Crippen molar-refractivity contribution in [3.8, 4) is 17.0 Å². The van der Waals surface area contributed by atoms with Crippen molar-refractivity contribution in [3.05, 3.63) is 66.2 Å². The SMILES string of the molecule is COc1ccccc1-c1ccc(N2CCC(C(=O)N3CCN(c4cccc(C)c4)CC3)CC2)nn1. The van der Waals surface area contributed by atoms with E-state index in [0.717, 1.165) is 74.9 Å². The summed E-state index contributed by atoms with van der Waals surface area (Å²) in [5, 5.41) is 8.92. The van der Waals surface area contributed by atoms with Gasteiger partial charge in [0.25, 0.3) is 0 Å². The third-order valence-electron chi connectivity index (χ3n) is 7.16. The van der Waals surface area contributed by atoms with Crippen molar-refractivity contribution in [2.75, 3.05) is 56.2 Å². The third kappa shape index (κ3) is 5.09. The Bertz CT molecular complexity index is 1150. The number of piperidine rings is 1. The number of anilines is 2. The van der Waals surface area contributed by atoms with Crippen LogP contribution in [0.15, 0.2) is 60.7 Å². The zero-order valence-corrected chi connectivity index (χ0v) is 20.6. The summed E-state index contributed by atoms with van der Waals surface area (Å²) < 4.78 is 5.45. The molecule has 35 heavy (non-hydrogen) atoms. The van der Waals surface area contributed by atoms with E-state index in [2.05, 4.69) is 56.1 Å². The number of hydrogen-bond acceptors (Lipinski definition) is 6. The molecule has 2 aliphatic rings. The molecule has 2 aliphatic heterocycles. The van der Waals surface area contributed by atoms with Gasteiger partial charge in [-0.2, -0.15) is 0 Å². The number of aromatic nitrogens is 2. The lowest BCUT2D eigenvalue weighted by Crippen LogP contribution is -2.51. The summed E-state index contributed by atoms with van der Waals surface area (Å²) in [7, 11) is 1.66. The van der Waals surface area contributed by atoms with Gasteiger partial charge in [-0.3, -0.25) is 4.79 Å². The Kier molecular flexibility index (Phi) is 6.84. The topological polar surface area (TPSA) is 61.8 Å². The van der Waals surface area contributed by atoms with Crippen molar-refractivity contribution in [1.29, 1.82) is 0 Å². The predicted octanol–water partition coefficient (Wildman–Crippen LogP) is 4.03. The molecule has 2 saturated heterocycles. The molecule has 0 N–H and O–H groups in total. The van der Waals surface area contributed by atoms with Crippen LogP contribution in [-0.4, -0.2) is 67.4 Å². The summed E-state index contributed by atoms with van der Waals surface area (Å²) in [6.45, 7) is 7.14. The first kappa shape index (κ1) is 23.1. The number of amides is 1. The quantitative estimate of drug-likeness (QED) is 0.560. The van der Waals surface area contributed by atoms with Gasteiger partial charge in [0.1, 0.15) is 5.75 Å². The first-order valence-corrected chi connectivity index (χ1v) is 12.4. The number of ether oxygens (including phenoxy) is 1. The standard InChI is InChI=1S/C28H33N5O2/c1-21-6-5-7-23(20-21)31-16-18-33(19-17-31)28(34)22-12-14-32(15-13-22)27-11-10-25(29-30-27)24-8-3-4-9-26(24)35-2/h3-11,20,22H,12-19H2,1-2H3. The van der Waals surface area contributed by atoms with E-state index >= 15 is 0 Å². The summed E-state index contributed by atoms with van der Waals surface area (Å²) in [6.07, 6.45) is 1.71. The van der Waals surface area contributed by atoms with E-state index in [1.54, 1.807) is 7.11 Å². The normalized spacial score (nSPS) is 16.9. The molecule has 1 amide bonds. The van der Waals surface area contributed by atoms with Gasteiger partial charge in [0.2, 0.25) is 5.91 Å². The molecular weight excluding hydrogens is 438 g/mol. The number of benzene rings is 2. The Morgan fingerprint density at radius 3 is 2.31 bits per heavy atom. The van der Waals surface area contributed by atoms with Gasteiger partial charge in [-0.15, -0.1) is 10.2 Å². The monoisotopic (exact) mass is 471 g/mol. The smallest absolute Gasteiger partial charge is 0.225 e. The highest BCUT2D eigenvalue weighted by Crippen LogP contribution is 2.29. The summed E-state index contributed by atoms with van der Waals surface area (Å²) in [4.78, 5) is 19.9. The highest BCUT2D eigenvalue weighted by Gasteiger charge is 2.31. The molecule has 0 saturated carbocycles. The fourth-order valence-electron chi connectivity index (χ4n) is 5.12. The van der Waals surface area contributed by atoms with Crippen molar-refractivity contribution >= 4 is 17.4 Å². The van der Waals surface area contributed by atoms with E-state index < -0.39 is 0 Å². The van der Waals surface area contributed by atoms with E-state index in [-0.39, 0.29) is 5.92 Å². The molecule has 7 heteroatoms. The lowest BCUT2D eigenvalue weighted by Gasteiger charge is -2.39. The summed E-state index contributed by atoms with van der Waals surface area (Å²) in [5.74, 6) is 2.05. The maximum atomic E-state index is 13.2. The Morgan fingerprint density at radius 2 is 1.63 bits per heavy atom. The summed E-state index contributed by atoms with van der Waals surface area (Å²) in [6, 6.07) is 20.4. The van der Waals surface area contributed by atoms with Crippen LogP contribution in [0.25, 0.3) is 11.3 Å². The van der Waals surface area contributed by atoms with E-state index in [4.69, 9.17) is 4.74 Å². The van der Waals surface area contributed by atoms with E-state index in [9.17, 15) is 4.79 Å². The number of rotatable bonds is 5. The number of piperazine rings is 1. The zero-order valence-electron chi connectivity index (χ0n) is 20.6. The third-order valence-corrected chi connectivity index (χ3v) is 7.16. The fraction of sp³-hybridized carbons (Fsp3) is 0.393.